The smallest absolute Gasteiger partial charge is 0.166 e. The van der Waals surface area contributed by atoms with E-state index in [-0.39, 0.29) is 0 Å². The maximum absolute atomic E-state index is 5.42. The average molecular weight is 372 g/mol. The van der Waals surface area contributed by atoms with E-state index in [0.717, 1.165) is 73.4 Å². The lowest BCUT2D eigenvalue weighted by molar-refractivity contribution is 0.0398. The number of morpholine rings is 1. The Labute approximate surface area is 157 Å². The van der Waals surface area contributed by atoms with Crippen molar-refractivity contribution in [3.63, 3.8) is 0 Å². The van der Waals surface area contributed by atoms with Gasteiger partial charge in [0.15, 0.2) is 5.65 Å². The molecule has 3 aromatic heterocycles. The van der Waals surface area contributed by atoms with Gasteiger partial charge in [0.25, 0.3) is 0 Å². The van der Waals surface area contributed by atoms with Gasteiger partial charge in [-0.3, -0.25) is 4.90 Å². The first-order chi connectivity index (χ1) is 12.6. The number of thiophene rings is 1. The van der Waals surface area contributed by atoms with Crippen LogP contribution >= 0.6 is 11.3 Å². The van der Waals surface area contributed by atoms with Crippen LogP contribution in [0, 0.1) is 20.8 Å². The third kappa shape index (κ3) is 3.22. The van der Waals surface area contributed by atoms with Gasteiger partial charge < -0.3 is 10.1 Å². The van der Waals surface area contributed by atoms with E-state index < -0.39 is 0 Å². The highest BCUT2D eigenvalue weighted by molar-refractivity contribution is 7.13. The SMILES string of the molecule is Cc1nc2c(-c3cccs3)c(C)nn2c(NCCN2CCOCC2)c1C. The molecule has 26 heavy (non-hydrogen) atoms. The van der Waals surface area contributed by atoms with Crippen LogP contribution in [0.1, 0.15) is 17.0 Å². The monoisotopic (exact) mass is 371 g/mol. The predicted molar refractivity (Wildman–Crippen MR) is 106 cm³/mol. The summed E-state index contributed by atoms with van der Waals surface area (Å²) in [6.45, 7) is 11.8. The zero-order valence-electron chi connectivity index (χ0n) is 15.6. The van der Waals surface area contributed by atoms with E-state index >= 15 is 0 Å². The summed E-state index contributed by atoms with van der Waals surface area (Å²) in [6.07, 6.45) is 0. The number of hydrogen-bond donors (Lipinski definition) is 1. The van der Waals surface area contributed by atoms with Crippen LogP contribution in [0.3, 0.4) is 0 Å². The lowest BCUT2D eigenvalue weighted by Gasteiger charge is -2.26. The standard InChI is InChI=1S/C19H25N5OS/c1-13-14(2)21-19-17(16-5-4-12-26-16)15(3)22-24(19)18(13)20-6-7-23-8-10-25-11-9-23/h4-5,12,20H,6-11H2,1-3H3. The van der Waals surface area contributed by atoms with Crippen molar-refractivity contribution in [1.82, 2.24) is 19.5 Å². The Hall–Kier alpha value is -1.96. The Bertz CT molecular complexity index is 897. The molecule has 1 aliphatic rings. The highest BCUT2D eigenvalue weighted by Crippen LogP contribution is 2.33. The molecule has 138 valence electrons. The largest absolute Gasteiger partial charge is 0.379 e. The Balaban J connectivity index is 1.65. The minimum absolute atomic E-state index is 0.833. The Morgan fingerprint density at radius 1 is 1.19 bits per heavy atom. The summed E-state index contributed by atoms with van der Waals surface area (Å²) in [5.74, 6) is 1.05. The minimum Gasteiger partial charge on any atom is -0.379 e. The van der Waals surface area contributed by atoms with Crippen molar-refractivity contribution in [2.24, 2.45) is 0 Å². The summed E-state index contributed by atoms with van der Waals surface area (Å²) < 4.78 is 7.40. The molecule has 4 heterocycles. The number of nitrogens with one attached hydrogen (secondary N) is 1. The summed E-state index contributed by atoms with van der Waals surface area (Å²) in [6, 6.07) is 4.21. The zero-order chi connectivity index (χ0) is 18.1. The van der Waals surface area contributed by atoms with Crippen LogP contribution in [-0.2, 0) is 4.74 Å². The van der Waals surface area contributed by atoms with Crippen molar-refractivity contribution in [1.29, 1.82) is 0 Å². The van der Waals surface area contributed by atoms with Gasteiger partial charge >= 0.3 is 0 Å². The van der Waals surface area contributed by atoms with Crippen molar-refractivity contribution in [3.05, 3.63) is 34.5 Å². The van der Waals surface area contributed by atoms with Crippen molar-refractivity contribution in [2.45, 2.75) is 20.8 Å². The maximum atomic E-state index is 5.42. The van der Waals surface area contributed by atoms with Gasteiger partial charge in [0.05, 0.1) is 24.5 Å². The molecule has 4 rings (SSSR count). The maximum Gasteiger partial charge on any atom is 0.166 e. The summed E-state index contributed by atoms with van der Waals surface area (Å²) in [5.41, 5.74) is 5.28. The molecule has 0 aromatic carbocycles. The highest BCUT2D eigenvalue weighted by Gasteiger charge is 2.19. The second-order valence-electron chi connectivity index (χ2n) is 6.72. The summed E-state index contributed by atoms with van der Waals surface area (Å²) >= 11 is 1.73. The first kappa shape index (κ1) is 17.5. The van der Waals surface area contributed by atoms with E-state index in [0.29, 0.717) is 0 Å². The molecule has 0 saturated carbocycles. The van der Waals surface area contributed by atoms with Crippen LogP contribution in [0.15, 0.2) is 17.5 Å². The van der Waals surface area contributed by atoms with Gasteiger partial charge in [0.2, 0.25) is 0 Å². The van der Waals surface area contributed by atoms with Gasteiger partial charge in [-0.25, -0.2) is 4.98 Å². The predicted octanol–water partition coefficient (Wildman–Crippen LogP) is 3.13. The molecule has 1 N–H and O–H groups in total. The fourth-order valence-electron chi connectivity index (χ4n) is 3.42. The van der Waals surface area contributed by atoms with Gasteiger partial charge in [-0.2, -0.15) is 9.61 Å². The molecule has 0 bridgehead atoms. The highest BCUT2D eigenvalue weighted by atomic mass is 32.1. The van der Waals surface area contributed by atoms with E-state index in [1.807, 2.05) is 4.52 Å². The van der Waals surface area contributed by atoms with Gasteiger partial charge in [-0.15, -0.1) is 11.3 Å². The number of ether oxygens (including phenoxy) is 1. The van der Waals surface area contributed by atoms with E-state index in [1.165, 1.54) is 4.88 Å². The van der Waals surface area contributed by atoms with Crippen LogP contribution in [0.25, 0.3) is 16.1 Å². The fourth-order valence-corrected chi connectivity index (χ4v) is 4.24. The first-order valence-corrected chi connectivity index (χ1v) is 9.97. The number of nitrogens with zero attached hydrogens (tertiary/aromatic N) is 4. The van der Waals surface area contributed by atoms with Crippen LogP contribution in [0.2, 0.25) is 0 Å². The van der Waals surface area contributed by atoms with Crippen LogP contribution in [0.5, 0.6) is 0 Å². The van der Waals surface area contributed by atoms with Crippen molar-refractivity contribution < 1.29 is 4.74 Å². The molecule has 0 amide bonds. The van der Waals surface area contributed by atoms with Crippen LogP contribution < -0.4 is 5.32 Å². The third-order valence-electron chi connectivity index (χ3n) is 5.01. The lowest BCUT2D eigenvalue weighted by atomic mass is 10.2. The molecule has 0 spiro atoms. The van der Waals surface area contributed by atoms with Gasteiger partial charge in [-0.1, -0.05) is 6.07 Å². The number of aryl methyl sites for hydroxylation is 2. The number of fused-ring (bicyclic) bond motifs is 1. The Morgan fingerprint density at radius 3 is 2.73 bits per heavy atom. The second-order valence-corrected chi connectivity index (χ2v) is 7.67. The number of anilines is 1. The quantitative estimate of drug-likeness (QED) is 0.747. The first-order valence-electron chi connectivity index (χ1n) is 9.09. The van der Waals surface area contributed by atoms with E-state index in [4.69, 9.17) is 14.8 Å². The summed E-state index contributed by atoms with van der Waals surface area (Å²) in [4.78, 5) is 8.50. The van der Waals surface area contributed by atoms with E-state index in [2.05, 4.69) is 48.5 Å². The molecule has 1 fully saturated rings. The molecule has 0 unspecified atom stereocenters. The zero-order valence-corrected chi connectivity index (χ0v) is 16.4. The van der Waals surface area contributed by atoms with Gasteiger partial charge in [0.1, 0.15) is 5.82 Å². The van der Waals surface area contributed by atoms with Gasteiger partial charge in [-0.05, 0) is 32.2 Å². The van der Waals surface area contributed by atoms with E-state index in [1.54, 1.807) is 11.3 Å². The van der Waals surface area contributed by atoms with Crippen molar-refractivity contribution in [3.8, 4) is 10.4 Å². The Morgan fingerprint density at radius 2 is 2.00 bits per heavy atom. The fraction of sp³-hybridized carbons (Fsp3) is 0.474. The molecule has 3 aromatic rings. The van der Waals surface area contributed by atoms with Crippen LogP contribution in [0.4, 0.5) is 5.82 Å². The molecule has 1 saturated heterocycles. The molecule has 0 aliphatic carbocycles. The molecule has 1 aliphatic heterocycles. The van der Waals surface area contributed by atoms with Crippen molar-refractivity contribution in [2.75, 3.05) is 44.7 Å². The molecular weight excluding hydrogens is 346 g/mol. The summed E-state index contributed by atoms with van der Waals surface area (Å²) in [5, 5.41) is 10.5. The lowest BCUT2D eigenvalue weighted by Crippen LogP contribution is -2.39. The molecule has 0 atom stereocenters. The second kappa shape index (κ2) is 7.34. The number of aromatic nitrogens is 3. The number of rotatable bonds is 5. The normalized spacial score (nSPS) is 15.7. The topological polar surface area (TPSA) is 54.7 Å². The third-order valence-corrected chi connectivity index (χ3v) is 5.90. The molecule has 7 heteroatoms. The minimum atomic E-state index is 0.833. The molecular formula is C19H25N5OS. The number of hydrogen-bond acceptors (Lipinski definition) is 6. The van der Waals surface area contributed by atoms with E-state index in [9.17, 15) is 0 Å². The summed E-state index contributed by atoms with van der Waals surface area (Å²) in [7, 11) is 0. The van der Waals surface area contributed by atoms with Crippen molar-refractivity contribution >= 4 is 22.8 Å². The Kier molecular flexibility index (Phi) is 4.93. The molecule has 6 nitrogen and oxygen atoms in total. The molecule has 0 radical (unpaired) electrons. The van der Waals surface area contributed by atoms with Crippen LogP contribution in [-0.4, -0.2) is 58.9 Å². The average Bonchev–Trinajstić information content (AvgIpc) is 3.26. The van der Waals surface area contributed by atoms with Gasteiger partial charge in [0, 0.05) is 42.3 Å².